The van der Waals surface area contributed by atoms with Crippen molar-refractivity contribution in [2.24, 2.45) is 0 Å². The smallest absolute Gasteiger partial charge is 0.271 e. The summed E-state index contributed by atoms with van der Waals surface area (Å²) in [7, 11) is -1.80. The zero-order valence-electron chi connectivity index (χ0n) is 19.8. The Labute approximate surface area is 213 Å². The van der Waals surface area contributed by atoms with E-state index in [2.05, 4.69) is 10.3 Å². The molecular weight excluding hydrogens is 498 g/mol. The molecule has 1 atom stereocenters. The first-order valence-corrected chi connectivity index (χ1v) is 13.5. The number of nitrogens with one attached hydrogen (secondary N) is 1. The fraction of sp³-hybridized carbons (Fsp3) is 0.192. The van der Waals surface area contributed by atoms with Crippen LogP contribution in [0.2, 0.25) is 0 Å². The number of carbonyl (C=O) groups is 1. The molecule has 0 bridgehead atoms. The fourth-order valence-electron chi connectivity index (χ4n) is 3.53. The second-order valence-corrected chi connectivity index (χ2v) is 11.2. The third kappa shape index (κ3) is 5.32. The van der Waals surface area contributed by atoms with Crippen LogP contribution in [0, 0.1) is 18.3 Å². The van der Waals surface area contributed by atoms with Crippen LogP contribution >= 0.6 is 11.3 Å². The molecule has 10 heteroatoms. The highest BCUT2D eigenvalue weighted by Gasteiger charge is 2.25. The predicted molar refractivity (Wildman–Crippen MR) is 138 cm³/mol. The maximum atomic E-state index is 13.4. The minimum Gasteiger partial charge on any atom is -0.496 e. The highest BCUT2D eigenvalue weighted by atomic mass is 32.2. The van der Waals surface area contributed by atoms with E-state index >= 15 is 0 Å². The van der Waals surface area contributed by atoms with Crippen LogP contribution in [-0.2, 0) is 14.6 Å². The summed E-state index contributed by atoms with van der Waals surface area (Å²) < 4.78 is 36.7. The van der Waals surface area contributed by atoms with Crippen molar-refractivity contribution >= 4 is 42.4 Å². The Morgan fingerprint density at radius 2 is 1.83 bits per heavy atom. The minimum atomic E-state index is -3.39. The first-order chi connectivity index (χ1) is 17.2. The average molecular weight is 522 g/mol. The molecule has 0 aliphatic carbocycles. The van der Waals surface area contributed by atoms with Crippen molar-refractivity contribution in [2.75, 3.05) is 18.2 Å². The van der Waals surface area contributed by atoms with Crippen molar-refractivity contribution in [1.29, 1.82) is 5.26 Å². The number of nitriles is 1. The molecule has 36 heavy (non-hydrogen) atoms. The Morgan fingerprint density at radius 3 is 2.44 bits per heavy atom. The summed E-state index contributed by atoms with van der Waals surface area (Å²) in [5.74, 6) is 0.576. The Balaban J connectivity index is 1.66. The number of thiazole rings is 1. The lowest BCUT2D eigenvalue weighted by Crippen LogP contribution is -2.25. The zero-order chi connectivity index (χ0) is 25.9. The lowest BCUT2D eigenvalue weighted by molar-refractivity contribution is -0.123. The molecule has 0 radical (unpaired) electrons. The summed E-state index contributed by atoms with van der Waals surface area (Å²) >= 11 is 1.32. The second-order valence-electron chi connectivity index (χ2n) is 7.90. The lowest BCUT2D eigenvalue weighted by atomic mass is 10.1. The molecule has 0 aliphatic rings. The molecule has 3 aromatic carbocycles. The van der Waals surface area contributed by atoms with Crippen LogP contribution in [-0.4, -0.2) is 32.2 Å². The van der Waals surface area contributed by atoms with Crippen LogP contribution in [0.25, 0.3) is 10.2 Å². The number of rotatable bonds is 8. The number of aryl methyl sites for hydroxylation is 1. The summed E-state index contributed by atoms with van der Waals surface area (Å²) in [5.41, 5.74) is 2.57. The van der Waals surface area contributed by atoms with Crippen molar-refractivity contribution in [3.63, 3.8) is 0 Å². The number of fused-ring (bicyclic) bond motifs is 1. The van der Waals surface area contributed by atoms with E-state index in [9.17, 15) is 13.2 Å². The van der Waals surface area contributed by atoms with Crippen LogP contribution in [0.5, 0.6) is 11.5 Å². The number of hydrogen-bond donors (Lipinski definition) is 1. The number of anilines is 1. The second kappa shape index (κ2) is 10.4. The number of amides is 1. The van der Waals surface area contributed by atoms with Gasteiger partial charge < -0.3 is 9.47 Å². The maximum absolute atomic E-state index is 13.4. The van der Waals surface area contributed by atoms with E-state index in [0.717, 1.165) is 10.3 Å². The Kier molecular flexibility index (Phi) is 7.24. The monoisotopic (exact) mass is 521 g/mol. The normalized spacial score (nSPS) is 12.1. The molecule has 4 aromatic rings. The quantitative estimate of drug-likeness (QED) is 0.345. The van der Waals surface area contributed by atoms with E-state index in [1.54, 1.807) is 50.4 Å². The van der Waals surface area contributed by atoms with Crippen LogP contribution in [0.1, 0.15) is 29.7 Å². The molecule has 1 N–H and O–H groups in total. The molecule has 0 spiro atoms. The van der Waals surface area contributed by atoms with Crippen LogP contribution in [0.15, 0.2) is 65.6 Å². The van der Waals surface area contributed by atoms with Gasteiger partial charge in [0.2, 0.25) is 6.10 Å². The molecule has 1 amide bonds. The van der Waals surface area contributed by atoms with Gasteiger partial charge in [0, 0.05) is 11.6 Å². The van der Waals surface area contributed by atoms with Crippen LogP contribution in [0.3, 0.4) is 0 Å². The van der Waals surface area contributed by atoms with Crippen molar-refractivity contribution in [3.05, 3.63) is 77.4 Å². The van der Waals surface area contributed by atoms with Gasteiger partial charge in [-0.3, -0.25) is 10.1 Å². The summed E-state index contributed by atoms with van der Waals surface area (Å²) in [6.45, 7) is 3.50. The van der Waals surface area contributed by atoms with E-state index in [4.69, 9.17) is 14.7 Å². The van der Waals surface area contributed by atoms with Gasteiger partial charge in [-0.15, -0.1) is 0 Å². The first kappa shape index (κ1) is 25.2. The number of ether oxygens (including phenoxy) is 2. The van der Waals surface area contributed by atoms with Gasteiger partial charge in [0.1, 0.15) is 11.5 Å². The van der Waals surface area contributed by atoms with E-state index < -0.39 is 21.8 Å². The number of aromatic nitrogens is 1. The molecule has 1 aromatic heterocycles. The predicted octanol–water partition coefficient (Wildman–Crippen LogP) is 5.04. The standard InChI is InChI=1S/C26H23N3O5S2/c1-4-36(31,32)20-11-7-18(8-12-20)24(34-19-9-5-17(15-27)6-10-19)25(30)29-26-28-21-14-22(33-3)16(2)13-23(21)35-26/h5-14,24H,4H2,1-3H3,(H,28,29,30). The first-order valence-electron chi connectivity index (χ1n) is 11.0. The topological polar surface area (TPSA) is 118 Å². The number of nitrogens with zero attached hydrogens (tertiary/aromatic N) is 2. The third-order valence-corrected chi connectivity index (χ3v) is 8.22. The van der Waals surface area contributed by atoms with E-state index in [1.807, 2.05) is 25.1 Å². The molecule has 0 fully saturated rings. The third-order valence-electron chi connectivity index (χ3n) is 5.53. The van der Waals surface area contributed by atoms with Gasteiger partial charge in [-0.2, -0.15) is 5.26 Å². The molecule has 1 unspecified atom stereocenters. The van der Waals surface area contributed by atoms with E-state index in [-0.39, 0.29) is 10.6 Å². The molecule has 4 rings (SSSR count). The van der Waals surface area contributed by atoms with E-state index in [1.165, 1.54) is 23.5 Å². The number of sulfone groups is 1. The summed E-state index contributed by atoms with van der Waals surface area (Å²) in [5, 5.41) is 12.3. The molecule has 0 saturated heterocycles. The van der Waals surface area contributed by atoms with Crippen molar-refractivity contribution in [1.82, 2.24) is 4.98 Å². The van der Waals surface area contributed by atoms with Gasteiger partial charge in [0.15, 0.2) is 15.0 Å². The Bertz CT molecular complexity index is 1550. The van der Waals surface area contributed by atoms with Gasteiger partial charge in [0.25, 0.3) is 5.91 Å². The van der Waals surface area contributed by atoms with Gasteiger partial charge in [-0.05, 0) is 55.0 Å². The molecular formula is C26H23N3O5S2. The highest BCUT2D eigenvalue weighted by Crippen LogP contribution is 2.32. The van der Waals surface area contributed by atoms with Gasteiger partial charge in [-0.1, -0.05) is 30.4 Å². The fourth-order valence-corrected chi connectivity index (χ4v) is 5.37. The number of benzene rings is 3. The Morgan fingerprint density at radius 1 is 1.14 bits per heavy atom. The maximum Gasteiger partial charge on any atom is 0.271 e. The SMILES string of the molecule is CCS(=O)(=O)c1ccc(C(Oc2ccc(C#N)cc2)C(=O)Nc2nc3cc(OC)c(C)cc3s2)cc1. The minimum absolute atomic E-state index is 0.0279. The molecule has 1 heterocycles. The summed E-state index contributed by atoms with van der Waals surface area (Å²) in [6.07, 6.45) is -1.10. The van der Waals surface area contributed by atoms with Gasteiger partial charge in [0.05, 0.1) is 39.6 Å². The Hall–Kier alpha value is -3.94. The largest absolute Gasteiger partial charge is 0.496 e. The molecule has 8 nitrogen and oxygen atoms in total. The van der Waals surface area contributed by atoms with E-state index in [0.29, 0.717) is 33.3 Å². The van der Waals surface area contributed by atoms with Crippen LogP contribution in [0.4, 0.5) is 5.13 Å². The summed E-state index contributed by atoms with van der Waals surface area (Å²) in [4.78, 5) is 18.1. The molecule has 0 aliphatic heterocycles. The number of methoxy groups -OCH3 is 1. The number of carbonyl (C=O) groups excluding carboxylic acids is 1. The molecule has 184 valence electrons. The zero-order valence-corrected chi connectivity index (χ0v) is 21.4. The van der Waals surface area contributed by atoms with Crippen LogP contribution < -0.4 is 14.8 Å². The van der Waals surface area contributed by atoms with Crippen molar-refractivity contribution in [2.45, 2.75) is 24.8 Å². The van der Waals surface area contributed by atoms with Gasteiger partial charge >= 0.3 is 0 Å². The number of hydrogen-bond acceptors (Lipinski definition) is 8. The molecule has 0 saturated carbocycles. The average Bonchev–Trinajstić information content (AvgIpc) is 3.27. The van der Waals surface area contributed by atoms with Crippen molar-refractivity contribution in [3.8, 4) is 17.6 Å². The lowest BCUT2D eigenvalue weighted by Gasteiger charge is -2.19. The van der Waals surface area contributed by atoms with Crippen molar-refractivity contribution < 1.29 is 22.7 Å². The van der Waals surface area contributed by atoms with Gasteiger partial charge in [-0.25, -0.2) is 13.4 Å². The highest BCUT2D eigenvalue weighted by molar-refractivity contribution is 7.91. The summed E-state index contributed by atoms with van der Waals surface area (Å²) in [6, 6.07) is 18.2.